The molecule has 0 unspecified atom stereocenters. The Kier molecular flexibility index (Phi) is 5.05. The van der Waals surface area contributed by atoms with Crippen LogP contribution in [0.25, 0.3) is 17.0 Å². The topological polar surface area (TPSA) is 73.1 Å². The molecule has 0 aliphatic rings. The third kappa shape index (κ3) is 3.88. The number of nitro groups is 1. The van der Waals surface area contributed by atoms with Crippen LogP contribution in [0.4, 0.5) is 5.69 Å². The van der Waals surface area contributed by atoms with E-state index in [9.17, 15) is 14.9 Å². The van der Waals surface area contributed by atoms with Crippen LogP contribution in [0.3, 0.4) is 0 Å². The van der Waals surface area contributed by atoms with Crippen LogP contribution in [0, 0.1) is 10.1 Å². The molecule has 108 valence electrons. The highest BCUT2D eigenvalue weighted by Crippen LogP contribution is 2.27. The van der Waals surface area contributed by atoms with E-state index in [0.29, 0.717) is 10.9 Å². The Morgan fingerprint density at radius 1 is 1.43 bits per heavy atom. The summed E-state index contributed by atoms with van der Waals surface area (Å²) in [5.74, 6) is 0.726. The Morgan fingerprint density at radius 3 is 2.95 bits per heavy atom. The van der Waals surface area contributed by atoms with Crippen molar-refractivity contribution >= 4 is 39.5 Å². The largest absolute Gasteiger partial charge is 0.288 e. The molecule has 0 aliphatic heterocycles. The maximum Gasteiger partial charge on any atom is 0.278 e. The Morgan fingerprint density at radius 2 is 2.24 bits per heavy atom. The van der Waals surface area contributed by atoms with E-state index in [2.05, 4.69) is 4.98 Å². The third-order valence-corrected chi connectivity index (χ3v) is 3.71. The number of carbonyl (C=O) groups excluding carboxylic acids is 1. The van der Waals surface area contributed by atoms with Crippen LogP contribution < -0.4 is 0 Å². The predicted molar refractivity (Wildman–Crippen MR) is 85.2 cm³/mol. The lowest BCUT2D eigenvalue weighted by Gasteiger charge is -2.02. The van der Waals surface area contributed by atoms with Crippen LogP contribution in [-0.2, 0) is 4.79 Å². The van der Waals surface area contributed by atoms with Gasteiger partial charge in [-0.05, 0) is 24.6 Å². The van der Waals surface area contributed by atoms with E-state index in [1.165, 1.54) is 17.8 Å². The molecule has 21 heavy (non-hydrogen) atoms. The number of rotatable bonds is 5. The van der Waals surface area contributed by atoms with Gasteiger partial charge in [0.2, 0.25) is 0 Å². The van der Waals surface area contributed by atoms with Crippen molar-refractivity contribution in [3.8, 4) is 0 Å². The lowest BCUT2D eigenvalue weighted by molar-refractivity contribution is -0.383. The van der Waals surface area contributed by atoms with Gasteiger partial charge in [0.1, 0.15) is 0 Å². The maximum atomic E-state index is 11.0. The van der Waals surface area contributed by atoms with E-state index < -0.39 is 4.92 Å². The molecular formula is C15H14N2O3S. The molecular weight excluding hydrogens is 288 g/mol. The standard InChI is InChI=1S/C15H14N2O3S/c1-11(18)21-10-3-2-5-12-7-8-14(17(19)20)13-6-4-9-16-15(12)13/h2,4-9H,3,10H2,1H3. The molecule has 0 aliphatic carbocycles. The fourth-order valence-electron chi connectivity index (χ4n) is 1.95. The average Bonchev–Trinajstić information content (AvgIpc) is 2.46. The summed E-state index contributed by atoms with van der Waals surface area (Å²) >= 11 is 1.28. The monoisotopic (exact) mass is 302 g/mol. The van der Waals surface area contributed by atoms with Crippen LogP contribution in [0.5, 0.6) is 0 Å². The maximum absolute atomic E-state index is 11.0. The van der Waals surface area contributed by atoms with E-state index in [4.69, 9.17) is 0 Å². The minimum atomic E-state index is -0.402. The lowest BCUT2D eigenvalue weighted by Crippen LogP contribution is -1.92. The molecule has 6 heteroatoms. The van der Waals surface area contributed by atoms with E-state index in [1.54, 1.807) is 31.3 Å². The number of nitrogens with zero attached hydrogens (tertiary/aromatic N) is 2. The first-order valence-corrected chi connectivity index (χ1v) is 7.40. The summed E-state index contributed by atoms with van der Waals surface area (Å²) in [7, 11) is 0. The second-order valence-electron chi connectivity index (χ2n) is 4.36. The number of fused-ring (bicyclic) bond motifs is 1. The zero-order valence-electron chi connectivity index (χ0n) is 11.5. The van der Waals surface area contributed by atoms with Gasteiger partial charge in [0, 0.05) is 30.5 Å². The number of benzene rings is 1. The van der Waals surface area contributed by atoms with E-state index in [1.807, 2.05) is 12.2 Å². The Hall–Kier alpha value is -2.21. The van der Waals surface area contributed by atoms with Gasteiger partial charge in [-0.15, -0.1) is 0 Å². The normalized spacial score (nSPS) is 11.1. The Bertz CT molecular complexity index is 713. The highest BCUT2D eigenvalue weighted by atomic mass is 32.2. The van der Waals surface area contributed by atoms with Crippen LogP contribution in [0.1, 0.15) is 18.9 Å². The molecule has 0 fully saturated rings. The van der Waals surface area contributed by atoms with Crippen LogP contribution >= 0.6 is 11.8 Å². The van der Waals surface area contributed by atoms with Gasteiger partial charge in [-0.25, -0.2) is 0 Å². The number of non-ortho nitro benzene ring substituents is 1. The summed E-state index contributed by atoms with van der Waals surface area (Å²) in [5, 5.41) is 11.6. The van der Waals surface area contributed by atoms with Gasteiger partial charge in [-0.1, -0.05) is 23.9 Å². The molecule has 0 N–H and O–H groups in total. The van der Waals surface area contributed by atoms with E-state index >= 15 is 0 Å². The molecule has 0 radical (unpaired) electrons. The number of allylic oxidation sites excluding steroid dienone is 1. The van der Waals surface area contributed by atoms with Gasteiger partial charge in [-0.3, -0.25) is 19.9 Å². The third-order valence-electron chi connectivity index (χ3n) is 2.86. The van der Waals surface area contributed by atoms with E-state index in [-0.39, 0.29) is 10.8 Å². The molecule has 0 amide bonds. The van der Waals surface area contributed by atoms with Gasteiger partial charge in [0.05, 0.1) is 15.8 Å². The Balaban J connectivity index is 2.25. The summed E-state index contributed by atoms with van der Waals surface area (Å²) in [4.78, 5) is 25.7. The van der Waals surface area contributed by atoms with Crippen molar-refractivity contribution in [2.75, 3.05) is 5.75 Å². The molecule has 0 saturated heterocycles. The van der Waals surface area contributed by atoms with Gasteiger partial charge in [0.15, 0.2) is 5.12 Å². The minimum absolute atomic E-state index is 0.0578. The smallest absolute Gasteiger partial charge is 0.278 e. The van der Waals surface area contributed by atoms with Crippen LogP contribution in [0.15, 0.2) is 36.5 Å². The summed E-state index contributed by atoms with van der Waals surface area (Å²) in [6.45, 7) is 1.54. The SMILES string of the molecule is CC(=O)SCCC=Cc1ccc([N+](=O)[O-])c2cccnc12. The zero-order valence-corrected chi connectivity index (χ0v) is 12.3. The number of aromatic nitrogens is 1. The van der Waals surface area contributed by atoms with Crippen LogP contribution in [-0.4, -0.2) is 20.8 Å². The number of hydrogen-bond acceptors (Lipinski definition) is 5. The second kappa shape index (κ2) is 6.99. The molecule has 0 atom stereocenters. The zero-order chi connectivity index (χ0) is 15.2. The first-order valence-electron chi connectivity index (χ1n) is 6.41. The number of pyridine rings is 1. The van der Waals surface area contributed by atoms with Crippen LogP contribution in [0.2, 0.25) is 0 Å². The molecule has 1 aromatic carbocycles. The summed E-state index contributed by atoms with van der Waals surface area (Å²) in [5.41, 5.74) is 1.51. The van der Waals surface area contributed by atoms with Crippen molar-refractivity contribution in [1.82, 2.24) is 4.98 Å². The first-order chi connectivity index (χ1) is 10.1. The number of thioether (sulfide) groups is 1. The molecule has 0 saturated carbocycles. The second-order valence-corrected chi connectivity index (χ2v) is 5.63. The Labute approximate surface area is 126 Å². The lowest BCUT2D eigenvalue weighted by atomic mass is 10.1. The average molecular weight is 302 g/mol. The van der Waals surface area contributed by atoms with Gasteiger partial charge < -0.3 is 0 Å². The van der Waals surface area contributed by atoms with Crippen molar-refractivity contribution < 1.29 is 9.72 Å². The summed E-state index contributed by atoms with van der Waals surface area (Å²) in [6.07, 6.45) is 6.22. The molecule has 1 aromatic heterocycles. The molecule has 2 rings (SSSR count). The fraction of sp³-hybridized carbons (Fsp3) is 0.200. The highest BCUT2D eigenvalue weighted by Gasteiger charge is 2.13. The summed E-state index contributed by atoms with van der Waals surface area (Å²) in [6, 6.07) is 6.58. The van der Waals surface area contributed by atoms with Crippen molar-refractivity contribution in [1.29, 1.82) is 0 Å². The van der Waals surface area contributed by atoms with Gasteiger partial charge >= 0.3 is 0 Å². The van der Waals surface area contributed by atoms with Crippen molar-refractivity contribution in [2.24, 2.45) is 0 Å². The molecule has 1 heterocycles. The van der Waals surface area contributed by atoms with E-state index in [0.717, 1.165) is 17.7 Å². The van der Waals surface area contributed by atoms with Gasteiger partial charge in [0.25, 0.3) is 5.69 Å². The number of nitro benzene ring substituents is 1. The van der Waals surface area contributed by atoms with Crippen molar-refractivity contribution in [3.05, 3.63) is 52.2 Å². The quantitative estimate of drug-likeness (QED) is 0.477. The molecule has 2 aromatic rings. The summed E-state index contributed by atoms with van der Waals surface area (Å²) < 4.78 is 0. The number of hydrogen-bond donors (Lipinski definition) is 0. The predicted octanol–water partition coefficient (Wildman–Crippen LogP) is 3.83. The molecule has 0 bridgehead atoms. The highest BCUT2D eigenvalue weighted by molar-refractivity contribution is 8.13. The minimum Gasteiger partial charge on any atom is -0.288 e. The fourth-order valence-corrected chi connectivity index (χ4v) is 2.50. The number of carbonyl (C=O) groups is 1. The molecule has 0 spiro atoms. The molecule has 5 nitrogen and oxygen atoms in total. The van der Waals surface area contributed by atoms with Crippen molar-refractivity contribution in [2.45, 2.75) is 13.3 Å². The first kappa shape index (κ1) is 15.2. The van der Waals surface area contributed by atoms with Gasteiger partial charge in [-0.2, -0.15) is 0 Å². The van der Waals surface area contributed by atoms with Crippen molar-refractivity contribution in [3.63, 3.8) is 0 Å².